The van der Waals surface area contributed by atoms with Crippen LogP contribution in [-0.2, 0) is 19.7 Å². The van der Waals surface area contributed by atoms with Crippen molar-refractivity contribution in [3.63, 3.8) is 0 Å². The maximum atomic E-state index is 13.8. The fraction of sp³-hybridized carbons (Fsp3) is 0.500. The van der Waals surface area contributed by atoms with E-state index in [1.165, 1.54) is 31.7 Å². The zero-order valence-electron chi connectivity index (χ0n) is 14.6. The largest absolute Gasteiger partial charge is 0.473 e. The predicted molar refractivity (Wildman–Crippen MR) is 94.8 cm³/mol. The molecule has 3 rings (SSSR count). The average Bonchev–Trinajstić information content (AvgIpc) is 3.23. The Morgan fingerprint density at radius 2 is 1.92 bits per heavy atom. The van der Waals surface area contributed by atoms with Gasteiger partial charge in [-0.05, 0) is 37.9 Å². The van der Waals surface area contributed by atoms with Gasteiger partial charge in [0, 0.05) is 24.7 Å². The highest BCUT2D eigenvalue weighted by Crippen LogP contribution is 2.28. The van der Waals surface area contributed by atoms with Crippen LogP contribution in [0.4, 0.5) is 13.2 Å². The van der Waals surface area contributed by atoms with E-state index in [9.17, 15) is 13.2 Å². The summed E-state index contributed by atoms with van der Waals surface area (Å²) in [5.74, 6) is -2.82. The molecule has 0 radical (unpaired) electrons. The summed E-state index contributed by atoms with van der Waals surface area (Å²) in [4.78, 5) is 0. The van der Waals surface area contributed by atoms with E-state index in [1.807, 2.05) is 7.05 Å². The fourth-order valence-corrected chi connectivity index (χ4v) is 3.23. The molecule has 0 saturated heterocycles. The van der Waals surface area contributed by atoms with E-state index in [0.29, 0.717) is 18.3 Å². The summed E-state index contributed by atoms with van der Waals surface area (Å²) < 4.78 is 47.6. The molecule has 0 unspecified atom stereocenters. The van der Waals surface area contributed by atoms with Crippen LogP contribution in [0.3, 0.4) is 0 Å². The van der Waals surface area contributed by atoms with Gasteiger partial charge in [-0.2, -0.15) is 5.10 Å². The molecular weight excluding hydrogens is 367 g/mol. The van der Waals surface area contributed by atoms with Crippen LogP contribution in [0, 0.1) is 23.4 Å². The number of nitrogens with zero attached hydrogens (tertiary/aromatic N) is 2. The molecule has 0 amide bonds. The molecule has 26 heavy (non-hydrogen) atoms. The maximum absolute atomic E-state index is 13.8. The van der Waals surface area contributed by atoms with Gasteiger partial charge in [0.1, 0.15) is 6.61 Å². The molecule has 1 fully saturated rings. The minimum Gasteiger partial charge on any atom is -0.473 e. The third-order valence-corrected chi connectivity index (χ3v) is 4.55. The summed E-state index contributed by atoms with van der Waals surface area (Å²) in [5, 5.41) is 7.56. The molecule has 0 atom stereocenters. The standard InChI is InChI=1S/C18H22F3N3O.ClH/c1-22-9-14-8-16(24(23-14)10-12-4-2-3-5-12)25-11-13-6-7-15(19)18(21)17(13)20;/h6-8,12,22H,2-5,9-11H2,1H3;1H. The van der Waals surface area contributed by atoms with Crippen LogP contribution in [-0.4, -0.2) is 16.8 Å². The van der Waals surface area contributed by atoms with Gasteiger partial charge in [-0.15, -0.1) is 12.4 Å². The van der Waals surface area contributed by atoms with Gasteiger partial charge in [-0.25, -0.2) is 17.9 Å². The number of hydrogen-bond donors (Lipinski definition) is 1. The Morgan fingerprint density at radius 1 is 1.19 bits per heavy atom. The Labute approximate surface area is 157 Å². The Bertz CT molecular complexity index is 733. The van der Waals surface area contributed by atoms with Crippen LogP contribution in [0.2, 0.25) is 0 Å². The van der Waals surface area contributed by atoms with E-state index in [2.05, 4.69) is 10.4 Å². The lowest BCUT2D eigenvalue weighted by Gasteiger charge is -2.13. The van der Waals surface area contributed by atoms with Crippen LogP contribution < -0.4 is 10.1 Å². The van der Waals surface area contributed by atoms with Gasteiger partial charge in [0.05, 0.1) is 5.69 Å². The van der Waals surface area contributed by atoms with Gasteiger partial charge in [-0.1, -0.05) is 12.8 Å². The van der Waals surface area contributed by atoms with Gasteiger partial charge in [0.15, 0.2) is 17.5 Å². The van der Waals surface area contributed by atoms with Crippen molar-refractivity contribution < 1.29 is 17.9 Å². The summed E-state index contributed by atoms with van der Waals surface area (Å²) in [5.41, 5.74) is 0.795. The fourth-order valence-electron chi connectivity index (χ4n) is 3.23. The first kappa shape index (κ1) is 20.6. The SMILES string of the molecule is CNCc1cc(OCc2ccc(F)c(F)c2F)n(CC2CCCC2)n1.Cl. The quantitative estimate of drug-likeness (QED) is 0.721. The third kappa shape index (κ3) is 4.71. The van der Waals surface area contributed by atoms with E-state index >= 15 is 0 Å². The summed E-state index contributed by atoms with van der Waals surface area (Å²) in [6.07, 6.45) is 4.79. The lowest BCUT2D eigenvalue weighted by atomic mass is 10.1. The summed E-state index contributed by atoms with van der Waals surface area (Å²) >= 11 is 0. The molecule has 0 spiro atoms. The van der Waals surface area contributed by atoms with Gasteiger partial charge in [0.2, 0.25) is 5.88 Å². The third-order valence-electron chi connectivity index (χ3n) is 4.55. The topological polar surface area (TPSA) is 39.1 Å². The summed E-state index contributed by atoms with van der Waals surface area (Å²) in [6.45, 7) is 1.16. The Morgan fingerprint density at radius 3 is 2.62 bits per heavy atom. The molecule has 1 aliphatic rings. The van der Waals surface area contributed by atoms with Gasteiger partial charge in [-0.3, -0.25) is 0 Å². The number of hydrogen-bond acceptors (Lipinski definition) is 3. The van der Waals surface area contributed by atoms with E-state index < -0.39 is 17.5 Å². The number of nitrogens with one attached hydrogen (secondary N) is 1. The van der Waals surface area contributed by atoms with Crippen molar-refractivity contribution in [2.45, 2.75) is 45.4 Å². The van der Waals surface area contributed by atoms with Crippen molar-refractivity contribution in [3.8, 4) is 5.88 Å². The maximum Gasteiger partial charge on any atom is 0.212 e. The van der Waals surface area contributed by atoms with Gasteiger partial charge >= 0.3 is 0 Å². The van der Waals surface area contributed by atoms with Crippen LogP contribution in [0.15, 0.2) is 18.2 Å². The van der Waals surface area contributed by atoms with E-state index in [-0.39, 0.29) is 24.6 Å². The normalized spacial score (nSPS) is 14.5. The zero-order valence-corrected chi connectivity index (χ0v) is 15.4. The monoisotopic (exact) mass is 389 g/mol. The second-order valence-corrected chi connectivity index (χ2v) is 6.46. The first-order chi connectivity index (χ1) is 12.1. The summed E-state index contributed by atoms with van der Waals surface area (Å²) in [7, 11) is 1.83. The highest BCUT2D eigenvalue weighted by Gasteiger charge is 2.19. The molecule has 1 heterocycles. The summed E-state index contributed by atoms with van der Waals surface area (Å²) in [6, 6.07) is 3.89. The molecule has 1 N–H and O–H groups in total. The van der Waals surface area contributed by atoms with Gasteiger partial charge < -0.3 is 10.1 Å². The van der Waals surface area contributed by atoms with Crippen molar-refractivity contribution in [2.24, 2.45) is 5.92 Å². The lowest BCUT2D eigenvalue weighted by molar-refractivity contribution is 0.255. The van der Waals surface area contributed by atoms with Crippen molar-refractivity contribution >= 4 is 12.4 Å². The number of halogens is 4. The molecule has 0 aliphatic heterocycles. The van der Waals surface area contributed by atoms with E-state index in [0.717, 1.165) is 18.3 Å². The van der Waals surface area contributed by atoms with Crippen molar-refractivity contribution in [1.82, 2.24) is 15.1 Å². The minimum atomic E-state index is -1.48. The predicted octanol–water partition coefficient (Wildman–Crippen LogP) is 4.21. The van der Waals surface area contributed by atoms with E-state index in [4.69, 9.17) is 4.74 Å². The highest BCUT2D eigenvalue weighted by molar-refractivity contribution is 5.85. The van der Waals surface area contributed by atoms with Crippen molar-refractivity contribution in [1.29, 1.82) is 0 Å². The van der Waals surface area contributed by atoms with Crippen LogP contribution in [0.5, 0.6) is 5.88 Å². The minimum absolute atomic E-state index is 0. The van der Waals surface area contributed by atoms with E-state index in [1.54, 1.807) is 10.7 Å². The molecule has 4 nitrogen and oxygen atoms in total. The molecular formula is C18H23ClF3N3O. The van der Waals surface area contributed by atoms with Crippen LogP contribution in [0.1, 0.15) is 36.9 Å². The molecule has 144 valence electrons. The first-order valence-electron chi connectivity index (χ1n) is 8.55. The van der Waals surface area contributed by atoms with Crippen molar-refractivity contribution in [2.75, 3.05) is 7.05 Å². The number of rotatable bonds is 7. The number of ether oxygens (including phenoxy) is 1. The number of aromatic nitrogens is 2. The first-order valence-corrected chi connectivity index (χ1v) is 8.55. The smallest absolute Gasteiger partial charge is 0.212 e. The molecule has 2 aromatic rings. The molecule has 8 heteroatoms. The zero-order chi connectivity index (χ0) is 17.8. The molecule has 1 aromatic heterocycles. The second kappa shape index (κ2) is 9.28. The molecule has 1 aromatic carbocycles. The molecule has 1 aliphatic carbocycles. The Hall–Kier alpha value is -1.73. The number of benzene rings is 1. The lowest BCUT2D eigenvalue weighted by Crippen LogP contribution is -2.13. The van der Waals surface area contributed by atoms with Gasteiger partial charge in [0.25, 0.3) is 0 Å². The molecule has 0 bridgehead atoms. The molecule has 1 saturated carbocycles. The van der Waals surface area contributed by atoms with Crippen LogP contribution in [0.25, 0.3) is 0 Å². The highest BCUT2D eigenvalue weighted by atomic mass is 35.5. The Balaban J connectivity index is 0.00000243. The van der Waals surface area contributed by atoms with Crippen LogP contribution >= 0.6 is 12.4 Å². The second-order valence-electron chi connectivity index (χ2n) is 6.46. The Kier molecular flexibility index (Phi) is 7.34. The van der Waals surface area contributed by atoms with Crippen molar-refractivity contribution in [3.05, 3.63) is 46.9 Å². The average molecular weight is 390 g/mol.